The number of fused-ring (bicyclic) bond motifs is 2. The first-order valence-electron chi connectivity index (χ1n) is 16.8. The van der Waals surface area contributed by atoms with Crippen molar-refractivity contribution in [2.24, 2.45) is 11.7 Å². The van der Waals surface area contributed by atoms with Gasteiger partial charge in [0.2, 0.25) is 29.5 Å². The van der Waals surface area contributed by atoms with Gasteiger partial charge < -0.3 is 37.2 Å². The van der Waals surface area contributed by atoms with Crippen LogP contribution >= 0.6 is 23.1 Å². The molecule has 2 aromatic rings. The number of nitrogens with one attached hydrogen (secondary N) is 5. The molecule has 0 saturated heterocycles. The molecule has 6 amide bonds. The molecule has 0 spiro atoms. The maximum Gasteiger partial charge on any atom is 0.271 e. The second-order valence-electron chi connectivity index (χ2n) is 12.8. The number of thiazole rings is 1. The summed E-state index contributed by atoms with van der Waals surface area (Å²) in [4.78, 5) is 86.3. The third kappa shape index (κ3) is 11.8. The molecule has 3 rings (SSSR count). The number of nitrogens with zero attached hydrogens (tertiary/aromatic N) is 2. The van der Waals surface area contributed by atoms with E-state index in [1.54, 1.807) is 12.3 Å². The second kappa shape index (κ2) is 19.4. The van der Waals surface area contributed by atoms with E-state index in [4.69, 9.17) is 5.73 Å². The quantitative estimate of drug-likeness (QED) is 0.230. The molecule has 0 radical (unpaired) electrons. The van der Waals surface area contributed by atoms with Gasteiger partial charge in [-0.25, -0.2) is 4.98 Å². The molecule has 16 heteroatoms. The van der Waals surface area contributed by atoms with Crippen molar-refractivity contribution in [3.8, 4) is 0 Å². The minimum Gasteiger partial charge on any atom is -0.349 e. The van der Waals surface area contributed by atoms with Crippen molar-refractivity contribution in [1.29, 1.82) is 0 Å². The summed E-state index contributed by atoms with van der Waals surface area (Å²) in [7, 11) is 0. The summed E-state index contributed by atoms with van der Waals surface area (Å²) in [6, 6.07) is 4.27. The number of hydrogen-bond acceptors (Lipinski definition) is 10. The third-order valence-electron chi connectivity index (χ3n) is 8.18. The number of carbonyl (C=O) groups is 6. The lowest BCUT2D eigenvalue weighted by atomic mass is 10.0. The van der Waals surface area contributed by atoms with Crippen LogP contribution in [0.5, 0.6) is 0 Å². The number of thioether (sulfide) groups is 1. The minimum absolute atomic E-state index is 0.0446. The molecule has 0 unspecified atom stereocenters. The van der Waals surface area contributed by atoms with Gasteiger partial charge in [-0.3, -0.25) is 28.8 Å². The predicted octanol–water partition coefficient (Wildman–Crippen LogP) is 1.12. The summed E-state index contributed by atoms with van der Waals surface area (Å²) in [5.41, 5.74) is 6.98. The first-order chi connectivity index (χ1) is 23.7. The minimum atomic E-state index is -1.01. The highest BCUT2D eigenvalue weighted by atomic mass is 32.2. The van der Waals surface area contributed by atoms with Crippen molar-refractivity contribution < 1.29 is 28.8 Å². The Hall–Kier alpha value is -4.02. The number of nitrogens with two attached hydrogens (primary N) is 1. The van der Waals surface area contributed by atoms with Crippen molar-refractivity contribution in [2.45, 2.75) is 90.1 Å². The van der Waals surface area contributed by atoms with Crippen molar-refractivity contribution in [2.75, 3.05) is 25.1 Å². The van der Waals surface area contributed by atoms with Crippen molar-refractivity contribution in [3.05, 3.63) is 52.0 Å². The van der Waals surface area contributed by atoms with Gasteiger partial charge in [0.1, 0.15) is 28.8 Å². The monoisotopic (exact) mass is 730 g/mol. The van der Waals surface area contributed by atoms with Crippen LogP contribution < -0.4 is 32.3 Å². The molecule has 2 bridgehead atoms. The van der Waals surface area contributed by atoms with Crippen LogP contribution in [0.2, 0.25) is 0 Å². The van der Waals surface area contributed by atoms with Gasteiger partial charge in [0.25, 0.3) is 5.91 Å². The van der Waals surface area contributed by atoms with Crippen LogP contribution in [0.25, 0.3) is 0 Å². The molecule has 1 aromatic heterocycles. The topological polar surface area (TPSA) is 205 Å². The zero-order valence-corrected chi connectivity index (χ0v) is 31.1. The van der Waals surface area contributed by atoms with Gasteiger partial charge in [-0.05, 0) is 56.6 Å². The van der Waals surface area contributed by atoms with Crippen molar-refractivity contribution in [1.82, 2.24) is 36.5 Å². The summed E-state index contributed by atoms with van der Waals surface area (Å²) in [6.45, 7) is 8.14. The fourth-order valence-electron chi connectivity index (χ4n) is 5.35. The normalized spacial score (nSPS) is 23.9. The molecule has 274 valence electrons. The fraction of sp³-hybridized carbons (Fsp3) is 0.559. The van der Waals surface area contributed by atoms with E-state index in [0.717, 1.165) is 5.56 Å². The van der Waals surface area contributed by atoms with Crippen LogP contribution in [-0.4, -0.2) is 101 Å². The average molecular weight is 731 g/mol. The summed E-state index contributed by atoms with van der Waals surface area (Å²) in [6.07, 6.45) is 2.73. The van der Waals surface area contributed by atoms with E-state index in [0.29, 0.717) is 23.6 Å². The van der Waals surface area contributed by atoms with E-state index in [-0.39, 0.29) is 31.1 Å². The standard InChI is InChI=1S/C34H50N8O6S2/c1-7-24-30(45)39-25(13-14-49-6)31(46)37-23(15-22-11-9-8-10-12-22)16-42(34(48)20(4)35)17-27(43)41-28(19(2)3)33-40-26(18-50-33)32(47)36-21(5)29(44)38-24/h8-12,18-21,23-25,28H,7,13-17,35H2,1-6H3,(H,36,47)(H,37,46)(H,38,44)(H,39,45)(H,41,43)/t20-,21+,23-,24-,25-,28-/m0/s1. The molecule has 6 atom stereocenters. The highest BCUT2D eigenvalue weighted by molar-refractivity contribution is 7.98. The Morgan fingerprint density at radius 3 is 2.26 bits per heavy atom. The third-order valence-corrected chi connectivity index (χ3v) is 9.75. The van der Waals surface area contributed by atoms with Crippen LogP contribution in [0.15, 0.2) is 35.7 Å². The Balaban J connectivity index is 2.06. The lowest BCUT2D eigenvalue weighted by Crippen LogP contribution is -2.58. The molecule has 0 fully saturated rings. The first-order valence-corrected chi connectivity index (χ1v) is 19.0. The number of hydrogen-bond donors (Lipinski definition) is 6. The number of rotatable bonds is 8. The molecule has 50 heavy (non-hydrogen) atoms. The molecule has 0 aliphatic carbocycles. The fourth-order valence-corrected chi connectivity index (χ4v) is 6.84. The predicted molar refractivity (Wildman–Crippen MR) is 194 cm³/mol. The van der Waals surface area contributed by atoms with Crippen LogP contribution in [-0.2, 0) is 30.4 Å². The molecule has 1 aromatic carbocycles. The lowest BCUT2D eigenvalue weighted by Gasteiger charge is -2.31. The van der Waals surface area contributed by atoms with E-state index in [1.165, 1.54) is 41.8 Å². The van der Waals surface area contributed by atoms with Gasteiger partial charge in [-0.2, -0.15) is 11.8 Å². The summed E-state index contributed by atoms with van der Waals surface area (Å²) < 4.78 is 0. The zero-order chi connectivity index (χ0) is 37.0. The number of aromatic nitrogens is 1. The smallest absolute Gasteiger partial charge is 0.271 e. The maximum absolute atomic E-state index is 13.9. The summed E-state index contributed by atoms with van der Waals surface area (Å²) in [5.74, 6) is -2.75. The molecule has 7 N–H and O–H groups in total. The SMILES string of the molecule is CC[C@@H]1NC(=O)[C@@H](C)NC(=O)c2csc(n2)[C@H](C(C)C)NC(=O)CN(C(=O)[C@H](C)N)C[C@H](Cc2ccccc2)NC(=O)[C@H](CCSC)NC1=O. The number of amides is 6. The Bertz CT molecular complexity index is 1490. The first kappa shape index (κ1) is 40.4. The maximum atomic E-state index is 13.9. The molecule has 14 nitrogen and oxygen atoms in total. The zero-order valence-electron chi connectivity index (χ0n) is 29.5. The Kier molecular flexibility index (Phi) is 15.7. The average Bonchev–Trinajstić information content (AvgIpc) is 3.57. The Morgan fingerprint density at radius 2 is 1.64 bits per heavy atom. The highest BCUT2D eigenvalue weighted by Crippen LogP contribution is 2.25. The van der Waals surface area contributed by atoms with E-state index in [9.17, 15) is 28.8 Å². The van der Waals surface area contributed by atoms with Gasteiger partial charge >= 0.3 is 0 Å². The van der Waals surface area contributed by atoms with Gasteiger partial charge in [0.15, 0.2) is 0 Å². The van der Waals surface area contributed by atoms with Crippen LogP contribution in [0.3, 0.4) is 0 Å². The Morgan fingerprint density at radius 1 is 0.980 bits per heavy atom. The van der Waals surface area contributed by atoms with Crippen molar-refractivity contribution in [3.63, 3.8) is 0 Å². The van der Waals surface area contributed by atoms with Gasteiger partial charge in [0, 0.05) is 11.9 Å². The molecule has 0 saturated carbocycles. The molecular formula is C34H50N8O6S2. The van der Waals surface area contributed by atoms with Crippen LogP contribution in [0.1, 0.15) is 74.6 Å². The molecule has 1 aliphatic rings. The largest absolute Gasteiger partial charge is 0.349 e. The summed E-state index contributed by atoms with van der Waals surface area (Å²) >= 11 is 2.69. The van der Waals surface area contributed by atoms with Crippen LogP contribution in [0, 0.1) is 5.92 Å². The highest BCUT2D eigenvalue weighted by Gasteiger charge is 2.32. The second-order valence-corrected chi connectivity index (χ2v) is 14.6. The molecule has 1 aliphatic heterocycles. The number of benzene rings is 1. The van der Waals surface area contributed by atoms with E-state index in [2.05, 4.69) is 31.6 Å². The van der Waals surface area contributed by atoms with Crippen molar-refractivity contribution >= 4 is 58.5 Å². The van der Waals surface area contributed by atoms with E-state index in [1.807, 2.05) is 50.4 Å². The summed E-state index contributed by atoms with van der Waals surface area (Å²) in [5, 5.41) is 16.1. The Labute approximate surface area is 301 Å². The van der Waals surface area contributed by atoms with E-state index < -0.39 is 71.7 Å². The van der Waals surface area contributed by atoms with Gasteiger partial charge in [-0.15, -0.1) is 11.3 Å². The van der Waals surface area contributed by atoms with Crippen LogP contribution in [0.4, 0.5) is 0 Å². The number of carbonyl (C=O) groups excluding carboxylic acids is 6. The van der Waals surface area contributed by atoms with Gasteiger partial charge in [-0.1, -0.05) is 51.1 Å². The molecule has 2 heterocycles. The van der Waals surface area contributed by atoms with Gasteiger partial charge in [0.05, 0.1) is 24.7 Å². The lowest BCUT2D eigenvalue weighted by molar-refractivity contribution is -0.138. The molecular weight excluding hydrogens is 681 g/mol. The van der Waals surface area contributed by atoms with E-state index >= 15 is 0 Å².